The fourth-order valence-corrected chi connectivity index (χ4v) is 3.11. The summed E-state index contributed by atoms with van der Waals surface area (Å²) in [5, 5.41) is 0.193. The molecular weight excluding hydrogens is 256 g/mol. The Morgan fingerprint density at radius 2 is 2.11 bits per heavy atom. The van der Waals surface area contributed by atoms with E-state index in [4.69, 9.17) is 9.16 Å². The predicted octanol–water partition coefficient (Wildman–Crippen LogP) is 3.58. The molecule has 4 heteroatoms. The third-order valence-corrected chi connectivity index (χ3v) is 9.06. The fraction of sp³-hybridized carbons (Fsp3) is 0.667. The van der Waals surface area contributed by atoms with Gasteiger partial charge in [0.05, 0.1) is 0 Å². The van der Waals surface area contributed by atoms with Gasteiger partial charge in [-0.3, -0.25) is 4.79 Å². The molecule has 0 amide bonds. The second-order valence-electron chi connectivity index (χ2n) is 6.92. The SMILES string of the molecule is CC(C)(C)[Si](C)(C)OCCC12C=CC(=CCC1=O)O2. The molecule has 19 heavy (non-hydrogen) atoms. The van der Waals surface area contributed by atoms with Crippen LogP contribution < -0.4 is 0 Å². The smallest absolute Gasteiger partial charge is 0.191 e. The Bertz CT molecular complexity index is 443. The maximum Gasteiger partial charge on any atom is 0.191 e. The number of carbonyl (C=O) groups excluding carboxylic acids is 1. The topological polar surface area (TPSA) is 35.5 Å². The van der Waals surface area contributed by atoms with Gasteiger partial charge in [-0.2, -0.15) is 0 Å². The van der Waals surface area contributed by atoms with Crippen LogP contribution in [0.2, 0.25) is 18.1 Å². The van der Waals surface area contributed by atoms with Crippen LogP contribution in [0, 0.1) is 0 Å². The summed E-state index contributed by atoms with van der Waals surface area (Å²) in [6, 6.07) is 0. The van der Waals surface area contributed by atoms with E-state index in [0.717, 1.165) is 5.76 Å². The van der Waals surface area contributed by atoms with Crippen LogP contribution in [0.3, 0.4) is 0 Å². The van der Waals surface area contributed by atoms with Crippen molar-refractivity contribution < 1.29 is 14.0 Å². The van der Waals surface area contributed by atoms with Gasteiger partial charge in [-0.25, -0.2) is 0 Å². The quantitative estimate of drug-likeness (QED) is 0.738. The van der Waals surface area contributed by atoms with Gasteiger partial charge in [0.25, 0.3) is 0 Å². The van der Waals surface area contributed by atoms with E-state index in [0.29, 0.717) is 19.4 Å². The minimum Gasteiger partial charge on any atom is -0.476 e. The van der Waals surface area contributed by atoms with Crippen molar-refractivity contribution in [2.24, 2.45) is 0 Å². The van der Waals surface area contributed by atoms with Crippen LogP contribution in [0.15, 0.2) is 24.0 Å². The maximum absolute atomic E-state index is 12.1. The molecule has 3 nitrogen and oxygen atoms in total. The number of ketones is 1. The normalized spacial score (nSPS) is 26.4. The van der Waals surface area contributed by atoms with Crippen LogP contribution >= 0.6 is 0 Å². The summed E-state index contributed by atoms with van der Waals surface area (Å²) >= 11 is 0. The number of hydrogen-bond acceptors (Lipinski definition) is 3. The number of ether oxygens (including phenoxy) is 1. The molecule has 0 aromatic rings. The third kappa shape index (κ3) is 2.70. The molecule has 0 saturated carbocycles. The van der Waals surface area contributed by atoms with Crippen LogP contribution in [0.5, 0.6) is 0 Å². The van der Waals surface area contributed by atoms with Crippen LogP contribution in [-0.2, 0) is 14.0 Å². The minimum atomic E-state index is -1.75. The third-order valence-electron chi connectivity index (χ3n) is 4.52. The van der Waals surface area contributed by atoms with E-state index in [1.54, 1.807) is 0 Å². The summed E-state index contributed by atoms with van der Waals surface area (Å²) in [7, 11) is -1.75. The molecule has 2 aliphatic heterocycles. The van der Waals surface area contributed by atoms with Gasteiger partial charge in [-0.05, 0) is 36.4 Å². The molecule has 0 aliphatic carbocycles. The Balaban J connectivity index is 1.96. The van der Waals surface area contributed by atoms with E-state index in [-0.39, 0.29) is 10.8 Å². The van der Waals surface area contributed by atoms with Crippen molar-refractivity contribution in [2.45, 2.75) is 57.3 Å². The Morgan fingerprint density at radius 1 is 1.42 bits per heavy atom. The van der Waals surface area contributed by atoms with Crippen LogP contribution in [0.4, 0.5) is 0 Å². The van der Waals surface area contributed by atoms with Gasteiger partial charge < -0.3 is 9.16 Å². The average Bonchev–Trinajstić information content (AvgIpc) is 2.63. The van der Waals surface area contributed by atoms with Crippen LogP contribution in [-0.4, -0.2) is 26.3 Å². The molecule has 1 unspecified atom stereocenters. The molecule has 0 aromatic heterocycles. The van der Waals surface area contributed by atoms with Gasteiger partial charge in [0.1, 0.15) is 5.76 Å². The van der Waals surface area contributed by atoms with Crippen LogP contribution in [0.25, 0.3) is 0 Å². The highest BCUT2D eigenvalue weighted by molar-refractivity contribution is 6.74. The summed E-state index contributed by atoms with van der Waals surface area (Å²) in [5.41, 5.74) is -0.744. The van der Waals surface area contributed by atoms with Crippen molar-refractivity contribution in [3.8, 4) is 0 Å². The van der Waals surface area contributed by atoms with E-state index < -0.39 is 13.9 Å². The van der Waals surface area contributed by atoms with Crippen molar-refractivity contribution >= 4 is 14.1 Å². The molecule has 2 aliphatic rings. The highest BCUT2D eigenvalue weighted by Crippen LogP contribution is 2.39. The summed E-state index contributed by atoms with van der Waals surface area (Å²) in [6.45, 7) is 11.7. The first-order chi connectivity index (χ1) is 8.66. The van der Waals surface area contributed by atoms with Gasteiger partial charge in [-0.15, -0.1) is 0 Å². The number of allylic oxidation sites excluding steroid dienone is 2. The first kappa shape index (κ1) is 14.5. The molecule has 2 bridgehead atoms. The molecule has 0 N–H and O–H groups in total. The Hall–Kier alpha value is -0.873. The lowest BCUT2D eigenvalue weighted by Crippen LogP contribution is -2.44. The number of carbonyl (C=O) groups is 1. The van der Waals surface area contributed by atoms with Gasteiger partial charge in [-0.1, -0.05) is 20.8 Å². The van der Waals surface area contributed by atoms with Gasteiger partial charge in [0.15, 0.2) is 19.7 Å². The van der Waals surface area contributed by atoms with E-state index in [9.17, 15) is 4.79 Å². The van der Waals surface area contributed by atoms with E-state index in [1.165, 1.54) is 0 Å². The zero-order valence-electron chi connectivity index (χ0n) is 12.6. The summed E-state index contributed by atoms with van der Waals surface area (Å²) in [6.07, 6.45) is 6.73. The van der Waals surface area contributed by atoms with Crippen molar-refractivity contribution in [1.29, 1.82) is 0 Å². The van der Waals surface area contributed by atoms with E-state index in [1.807, 2.05) is 18.2 Å². The molecular formula is C15H24O3Si. The number of hydrogen-bond donors (Lipinski definition) is 0. The zero-order chi connectivity index (χ0) is 14.3. The summed E-state index contributed by atoms with van der Waals surface area (Å²) in [4.78, 5) is 12.1. The molecule has 0 radical (unpaired) electrons. The van der Waals surface area contributed by atoms with Gasteiger partial charge in [0, 0.05) is 19.4 Å². The van der Waals surface area contributed by atoms with Gasteiger partial charge >= 0.3 is 0 Å². The molecule has 2 rings (SSSR count). The highest BCUT2D eigenvalue weighted by Gasteiger charge is 2.44. The Labute approximate surface area is 116 Å². The van der Waals surface area contributed by atoms with Crippen molar-refractivity contribution in [2.75, 3.05) is 6.61 Å². The fourth-order valence-electron chi connectivity index (χ4n) is 2.07. The second kappa shape index (κ2) is 4.60. The molecule has 0 fully saturated rings. The van der Waals surface area contributed by atoms with Crippen molar-refractivity contribution in [1.82, 2.24) is 0 Å². The number of fused-ring (bicyclic) bond motifs is 2. The monoisotopic (exact) mass is 280 g/mol. The largest absolute Gasteiger partial charge is 0.476 e. The molecule has 106 valence electrons. The lowest BCUT2D eigenvalue weighted by Gasteiger charge is -2.37. The second-order valence-corrected chi connectivity index (χ2v) is 11.7. The Kier molecular flexibility index (Phi) is 3.52. The predicted molar refractivity (Wildman–Crippen MR) is 78.4 cm³/mol. The summed E-state index contributed by atoms with van der Waals surface area (Å²) in [5.74, 6) is 0.968. The Morgan fingerprint density at radius 3 is 2.74 bits per heavy atom. The van der Waals surface area contributed by atoms with Crippen molar-refractivity contribution in [3.05, 3.63) is 24.0 Å². The molecule has 0 saturated heterocycles. The molecule has 2 heterocycles. The number of Topliss-reactive ketones (excluding diaryl/α,β-unsaturated/α-hetero) is 1. The van der Waals surface area contributed by atoms with E-state index >= 15 is 0 Å². The molecule has 0 aromatic carbocycles. The summed E-state index contributed by atoms with van der Waals surface area (Å²) < 4.78 is 11.9. The van der Waals surface area contributed by atoms with Gasteiger partial charge in [0.2, 0.25) is 0 Å². The zero-order valence-corrected chi connectivity index (χ0v) is 13.6. The first-order valence-electron chi connectivity index (χ1n) is 6.92. The van der Waals surface area contributed by atoms with Crippen molar-refractivity contribution in [3.63, 3.8) is 0 Å². The highest BCUT2D eigenvalue weighted by atomic mass is 28.4. The maximum atomic E-state index is 12.1. The standard InChI is InChI=1S/C15H24O3Si/c1-14(2,3)19(4,5)17-11-10-15-9-8-12(18-15)6-7-13(15)16/h6,8-9H,7,10-11H2,1-5H3. The molecule has 1 atom stereocenters. The van der Waals surface area contributed by atoms with E-state index in [2.05, 4.69) is 33.9 Å². The number of rotatable bonds is 4. The lowest BCUT2D eigenvalue weighted by molar-refractivity contribution is -0.135. The minimum absolute atomic E-state index is 0.142. The average molecular weight is 280 g/mol. The van der Waals surface area contributed by atoms with Crippen LogP contribution in [0.1, 0.15) is 33.6 Å². The molecule has 0 spiro atoms. The first-order valence-corrected chi connectivity index (χ1v) is 9.83. The lowest BCUT2D eigenvalue weighted by atomic mass is 9.93.